The molecule has 1 aromatic rings. The number of amides is 2. The number of hydrogen-bond acceptors (Lipinski definition) is 4. The SMILES string of the molecule is CCOC(=O)NCC(=O)N1CCN(c2cccc(Cl)c2)CC1. The van der Waals surface area contributed by atoms with Gasteiger partial charge >= 0.3 is 6.09 Å². The average Bonchev–Trinajstić information content (AvgIpc) is 2.53. The highest BCUT2D eigenvalue weighted by Crippen LogP contribution is 2.20. The van der Waals surface area contributed by atoms with Crippen LogP contribution in [0, 0.1) is 0 Å². The Morgan fingerprint density at radius 3 is 2.64 bits per heavy atom. The summed E-state index contributed by atoms with van der Waals surface area (Å²) < 4.78 is 4.72. The van der Waals surface area contributed by atoms with Crippen molar-refractivity contribution in [1.29, 1.82) is 0 Å². The molecule has 0 bridgehead atoms. The molecule has 1 aliphatic rings. The maximum atomic E-state index is 12.0. The van der Waals surface area contributed by atoms with Crippen molar-refractivity contribution in [2.24, 2.45) is 0 Å². The van der Waals surface area contributed by atoms with Crippen molar-refractivity contribution in [3.63, 3.8) is 0 Å². The van der Waals surface area contributed by atoms with Crippen LogP contribution in [0.4, 0.5) is 10.5 Å². The number of halogens is 1. The number of nitrogens with zero attached hydrogens (tertiary/aromatic N) is 2. The van der Waals surface area contributed by atoms with Crippen molar-refractivity contribution < 1.29 is 14.3 Å². The smallest absolute Gasteiger partial charge is 0.407 e. The third-order valence-electron chi connectivity index (χ3n) is 3.47. The minimum atomic E-state index is -0.562. The number of carbonyl (C=O) groups excluding carboxylic acids is 2. The van der Waals surface area contributed by atoms with Crippen molar-refractivity contribution in [2.45, 2.75) is 6.92 Å². The Hall–Kier alpha value is -1.95. The van der Waals surface area contributed by atoms with E-state index in [2.05, 4.69) is 10.2 Å². The molecule has 2 amide bonds. The molecule has 1 fully saturated rings. The fraction of sp³-hybridized carbons (Fsp3) is 0.467. The van der Waals surface area contributed by atoms with E-state index in [-0.39, 0.29) is 12.5 Å². The third kappa shape index (κ3) is 4.53. The number of alkyl carbamates (subject to hydrolysis) is 1. The summed E-state index contributed by atoms with van der Waals surface area (Å²) >= 11 is 6.00. The van der Waals surface area contributed by atoms with Gasteiger partial charge in [0.05, 0.1) is 6.61 Å². The molecule has 6 nitrogen and oxygen atoms in total. The van der Waals surface area contributed by atoms with Gasteiger partial charge in [-0.1, -0.05) is 17.7 Å². The molecule has 0 spiro atoms. The van der Waals surface area contributed by atoms with Crippen LogP contribution in [-0.2, 0) is 9.53 Å². The first-order valence-electron chi connectivity index (χ1n) is 7.29. The minimum Gasteiger partial charge on any atom is -0.450 e. The van der Waals surface area contributed by atoms with Crippen LogP contribution in [0.25, 0.3) is 0 Å². The van der Waals surface area contributed by atoms with E-state index in [0.29, 0.717) is 24.7 Å². The molecule has 0 aliphatic carbocycles. The van der Waals surface area contributed by atoms with Gasteiger partial charge < -0.3 is 19.9 Å². The zero-order chi connectivity index (χ0) is 15.9. The molecule has 1 saturated heterocycles. The third-order valence-corrected chi connectivity index (χ3v) is 3.70. The molecule has 0 atom stereocenters. The number of hydrogen-bond donors (Lipinski definition) is 1. The van der Waals surface area contributed by atoms with Crippen molar-refractivity contribution in [3.05, 3.63) is 29.3 Å². The van der Waals surface area contributed by atoms with Gasteiger partial charge in [0, 0.05) is 36.9 Å². The van der Waals surface area contributed by atoms with E-state index in [0.717, 1.165) is 18.8 Å². The molecule has 7 heteroatoms. The van der Waals surface area contributed by atoms with Gasteiger partial charge in [-0.25, -0.2) is 4.79 Å². The highest BCUT2D eigenvalue weighted by atomic mass is 35.5. The number of carbonyl (C=O) groups is 2. The number of anilines is 1. The second-order valence-corrected chi connectivity index (χ2v) is 5.36. The van der Waals surface area contributed by atoms with Crippen molar-refractivity contribution >= 4 is 29.3 Å². The van der Waals surface area contributed by atoms with Gasteiger partial charge in [-0.15, -0.1) is 0 Å². The fourth-order valence-electron chi connectivity index (χ4n) is 2.33. The molecule has 0 aromatic heterocycles. The van der Waals surface area contributed by atoms with E-state index < -0.39 is 6.09 Å². The average molecular weight is 326 g/mol. The molecule has 1 heterocycles. The Bertz CT molecular complexity index is 531. The molecule has 1 N–H and O–H groups in total. The number of piperazine rings is 1. The zero-order valence-electron chi connectivity index (χ0n) is 12.5. The summed E-state index contributed by atoms with van der Waals surface area (Å²) in [5.74, 6) is -0.0983. The zero-order valence-corrected chi connectivity index (χ0v) is 13.3. The Labute approximate surface area is 135 Å². The van der Waals surface area contributed by atoms with Crippen molar-refractivity contribution in [1.82, 2.24) is 10.2 Å². The number of nitrogens with one attached hydrogen (secondary N) is 1. The van der Waals surface area contributed by atoms with Gasteiger partial charge in [0.25, 0.3) is 0 Å². The molecule has 0 saturated carbocycles. The monoisotopic (exact) mass is 325 g/mol. The predicted molar refractivity (Wildman–Crippen MR) is 85.3 cm³/mol. The Morgan fingerprint density at radius 1 is 1.27 bits per heavy atom. The van der Waals surface area contributed by atoms with E-state index in [1.54, 1.807) is 11.8 Å². The van der Waals surface area contributed by atoms with Crippen LogP contribution in [0.2, 0.25) is 5.02 Å². The molecular weight excluding hydrogens is 306 g/mol. The van der Waals surface area contributed by atoms with Crippen LogP contribution in [0.5, 0.6) is 0 Å². The molecule has 2 rings (SSSR count). The van der Waals surface area contributed by atoms with Crippen LogP contribution in [-0.4, -0.2) is 56.2 Å². The Morgan fingerprint density at radius 2 is 2.00 bits per heavy atom. The normalized spacial score (nSPS) is 14.6. The molecule has 0 unspecified atom stereocenters. The van der Waals surface area contributed by atoms with Crippen LogP contribution >= 0.6 is 11.6 Å². The van der Waals surface area contributed by atoms with E-state index in [4.69, 9.17) is 16.3 Å². The lowest BCUT2D eigenvalue weighted by molar-refractivity contribution is -0.130. The van der Waals surface area contributed by atoms with Crippen molar-refractivity contribution in [2.75, 3.05) is 44.2 Å². The maximum absolute atomic E-state index is 12.0. The number of ether oxygens (including phenoxy) is 1. The van der Waals surface area contributed by atoms with Crippen LogP contribution in [0.15, 0.2) is 24.3 Å². The summed E-state index contributed by atoms with van der Waals surface area (Å²) in [5, 5.41) is 3.15. The standard InChI is InChI=1S/C15H20ClN3O3/c1-2-22-15(21)17-11-14(20)19-8-6-18(7-9-19)13-5-3-4-12(16)10-13/h3-5,10H,2,6-9,11H2,1H3,(H,17,21). The lowest BCUT2D eigenvalue weighted by atomic mass is 10.2. The van der Waals surface area contributed by atoms with Gasteiger partial charge in [0.2, 0.25) is 5.91 Å². The van der Waals surface area contributed by atoms with Crippen LogP contribution < -0.4 is 10.2 Å². The van der Waals surface area contributed by atoms with Gasteiger partial charge in [-0.05, 0) is 25.1 Å². The largest absolute Gasteiger partial charge is 0.450 e. The van der Waals surface area contributed by atoms with Crippen LogP contribution in [0.1, 0.15) is 6.92 Å². The summed E-state index contributed by atoms with van der Waals surface area (Å²) in [7, 11) is 0. The summed E-state index contributed by atoms with van der Waals surface area (Å²) in [6.45, 7) is 4.70. The second kappa shape index (κ2) is 7.89. The summed E-state index contributed by atoms with van der Waals surface area (Å²) in [6, 6.07) is 7.68. The highest BCUT2D eigenvalue weighted by molar-refractivity contribution is 6.30. The summed E-state index contributed by atoms with van der Waals surface area (Å²) in [5.41, 5.74) is 1.06. The number of benzene rings is 1. The van der Waals surface area contributed by atoms with Gasteiger partial charge in [-0.2, -0.15) is 0 Å². The van der Waals surface area contributed by atoms with Gasteiger partial charge in [-0.3, -0.25) is 4.79 Å². The summed E-state index contributed by atoms with van der Waals surface area (Å²) in [6.07, 6.45) is -0.562. The maximum Gasteiger partial charge on any atom is 0.407 e. The highest BCUT2D eigenvalue weighted by Gasteiger charge is 2.21. The molecule has 120 valence electrons. The predicted octanol–water partition coefficient (Wildman–Crippen LogP) is 1.73. The minimum absolute atomic E-state index is 0.0317. The molecule has 1 aromatic carbocycles. The van der Waals surface area contributed by atoms with E-state index in [1.165, 1.54) is 0 Å². The fourth-order valence-corrected chi connectivity index (χ4v) is 2.51. The Kier molecular flexibility index (Phi) is 5.89. The first-order chi connectivity index (χ1) is 10.6. The molecule has 0 radical (unpaired) electrons. The number of rotatable bonds is 4. The van der Waals surface area contributed by atoms with Gasteiger partial charge in [0.1, 0.15) is 6.54 Å². The quantitative estimate of drug-likeness (QED) is 0.916. The lowest BCUT2D eigenvalue weighted by Gasteiger charge is -2.36. The van der Waals surface area contributed by atoms with E-state index >= 15 is 0 Å². The lowest BCUT2D eigenvalue weighted by Crippen LogP contribution is -2.51. The van der Waals surface area contributed by atoms with E-state index in [1.807, 2.05) is 24.3 Å². The van der Waals surface area contributed by atoms with Crippen LogP contribution in [0.3, 0.4) is 0 Å². The molecule has 22 heavy (non-hydrogen) atoms. The van der Waals surface area contributed by atoms with Crippen molar-refractivity contribution in [3.8, 4) is 0 Å². The first kappa shape index (κ1) is 16.4. The summed E-state index contributed by atoms with van der Waals surface area (Å²) in [4.78, 5) is 27.1. The van der Waals surface area contributed by atoms with Gasteiger partial charge in [0.15, 0.2) is 0 Å². The first-order valence-corrected chi connectivity index (χ1v) is 7.67. The van der Waals surface area contributed by atoms with E-state index in [9.17, 15) is 9.59 Å². The second-order valence-electron chi connectivity index (χ2n) is 4.92. The Balaban J connectivity index is 1.79. The molecular formula is C15H20ClN3O3. The topological polar surface area (TPSA) is 61.9 Å². The molecule has 1 aliphatic heterocycles.